The zero-order chi connectivity index (χ0) is 26.8. The minimum Gasteiger partial charge on any atom is -0.251 e. The van der Waals surface area contributed by atoms with Crippen LogP contribution in [0, 0.1) is 6.92 Å². The molecule has 0 saturated carbocycles. The van der Waals surface area contributed by atoms with Crippen LogP contribution in [0.3, 0.4) is 0 Å². The van der Waals surface area contributed by atoms with Gasteiger partial charge in [0.1, 0.15) is 0 Å². The number of hydrogen-bond acceptors (Lipinski definition) is 3. The molecule has 0 amide bonds. The number of rotatable bonds is 12. The summed E-state index contributed by atoms with van der Waals surface area (Å²) in [5, 5.41) is 0. The standard InChI is InChI=1S/C34H45N3/c1-8-14-27-18-12-19-28(15-9-2)33(27)35-25(6)31-22-24(5)23-32(37-31)26(7)36-34-29(16-10-3)20-13-21-30(34)17-11-4/h12-13,18-23H,8-11,14-17H2,1-7H3. The quantitative estimate of drug-likeness (QED) is 0.230. The highest BCUT2D eigenvalue weighted by Crippen LogP contribution is 2.30. The maximum atomic E-state index is 5.18. The highest BCUT2D eigenvalue weighted by molar-refractivity contribution is 6.03. The Hall–Kier alpha value is -3.07. The molecule has 0 unspecified atom stereocenters. The zero-order valence-corrected chi connectivity index (χ0v) is 24.1. The third-order valence-electron chi connectivity index (χ3n) is 6.75. The molecule has 0 aliphatic heterocycles. The Kier molecular flexibility index (Phi) is 10.8. The summed E-state index contributed by atoms with van der Waals surface area (Å²) in [7, 11) is 0. The van der Waals surface area contributed by atoms with E-state index in [9.17, 15) is 0 Å². The first kappa shape index (κ1) is 28.5. The van der Waals surface area contributed by atoms with Gasteiger partial charge in [-0.1, -0.05) is 89.8 Å². The van der Waals surface area contributed by atoms with Crippen molar-refractivity contribution in [2.45, 2.75) is 99.8 Å². The maximum Gasteiger partial charge on any atom is 0.0852 e. The van der Waals surface area contributed by atoms with Gasteiger partial charge >= 0.3 is 0 Å². The van der Waals surface area contributed by atoms with Crippen LogP contribution in [-0.4, -0.2) is 16.4 Å². The Labute approximate surface area is 225 Å². The summed E-state index contributed by atoms with van der Waals surface area (Å²) in [6.07, 6.45) is 8.60. The molecule has 37 heavy (non-hydrogen) atoms. The third kappa shape index (κ3) is 7.47. The van der Waals surface area contributed by atoms with Gasteiger partial charge in [0.15, 0.2) is 0 Å². The van der Waals surface area contributed by atoms with Crippen LogP contribution in [0.25, 0.3) is 0 Å². The van der Waals surface area contributed by atoms with E-state index in [1.807, 2.05) is 0 Å². The van der Waals surface area contributed by atoms with Crippen LogP contribution in [0.4, 0.5) is 11.4 Å². The van der Waals surface area contributed by atoms with Crippen molar-refractivity contribution in [3.05, 3.63) is 87.7 Å². The number of aromatic nitrogens is 1. The van der Waals surface area contributed by atoms with Crippen molar-refractivity contribution in [1.29, 1.82) is 0 Å². The summed E-state index contributed by atoms with van der Waals surface area (Å²) in [5.41, 5.74) is 12.5. The minimum atomic E-state index is 0.925. The van der Waals surface area contributed by atoms with E-state index in [0.717, 1.165) is 85.6 Å². The molecule has 2 aromatic carbocycles. The largest absolute Gasteiger partial charge is 0.251 e. The van der Waals surface area contributed by atoms with Crippen molar-refractivity contribution in [2.24, 2.45) is 9.98 Å². The SMILES string of the molecule is CCCc1cccc(CCC)c1N=C(C)c1cc(C)cc(C(C)=Nc2c(CCC)cccc2CCC)n1. The molecule has 0 spiro atoms. The average molecular weight is 496 g/mol. The van der Waals surface area contributed by atoms with Gasteiger partial charge in [-0.2, -0.15) is 0 Å². The molecule has 1 aromatic heterocycles. The Morgan fingerprint density at radius 2 is 0.919 bits per heavy atom. The van der Waals surface area contributed by atoms with E-state index >= 15 is 0 Å². The second-order valence-electron chi connectivity index (χ2n) is 10.2. The van der Waals surface area contributed by atoms with Crippen LogP contribution < -0.4 is 0 Å². The molecular weight excluding hydrogens is 450 g/mol. The number of aliphatic imine (C=N–C) groups is 2. The fraction of sp³-hybridized carbons (Fsp3) is 0.441. The third-order valence-corrected chi connectivity index (χ3v) is 6.75. The second-order valence-corrected chi connectivity index (χ2v) is 10.2. The summed E-state index contributed by atoms with van der Waals surface area (Å²) >= 11 is 0. The maximum absolute atomic E-state index is 5.18. The van der Waals surface area contributed by atoms with Gasteiger partial charge < -0.3 is 0 Å². The van der Waals surface area contributed by atoms with Crippen molar-refractivity contribution in [1.82, 2.24) is 4.98 Å². The molecule has 0 radical (unpaired) electrons. The first-order valence-corrected chi connectivity index (χ1v) is 14.2. The van der Waals surface area contributed by atoms with E-state index in [-0.39, 0.29) is 0 Å². The van der Waals surface area contributed by atoms with Gasteiger partial charge in [0, 0.05) is 0 Å². The highest BCUT2D eigenvalue weighted by atomic mass is 14.8. The number of nitrogens with zero attached hydrogens (tertiary/aromatic N) is 3. The number of aryl methyl sites for hydroxylation is 5. The lowest BCUT2D eigenvalue weighted by Gasteiger charge is -2.13. The summed E-state index contributed by atoms with van der Waals surface area (Å²) < 4.78 is 0. The molecule has 0 bridgehead atoms. The molecule has 1 heterocycles. The van der Waals surface area contributed by atoms with Crippen molar-refractivity contribution in [3.8, 4) is 0 Å². The smallest absolute Gasteiger partial charge is 0.0852 e. The van der Waals surface area contributed by atoms with E-state index in [0.29, 0.717) is 0 Å². The molecule has 0 saturated heterocycles. The fourth-order valence-corrected chi connectivity index (χ4v) is 4.95. The van der Waals surface area contributed by atoms with Crippen LogP contribution in [0.1, 0.15) is 106 Å². The lowest BCUT2D eigenvalue weighted by atomic mass is 10.00. The van der Waals surface area contributed by atoms with Crippen molar-refractivity contribution >= 4 is 22.8 Å². The van der Waals surface area contributed by atoms with Crippen molar-refractivity contribution in [3.63, 3.8) is 0 Å². The normalized spacial score (nSPS) is 12.3. The Morgan fingerprint density at radius 3 is 1.22 bits per heavy atom. The number of pyridine rings is 1. The molecule has 0 atom stereocenters. The lowest BCUT2D eigenvalue weighted by molar-refractivity contribution is 0.895. The highest BCUT2D eigenvalue weighted by Gasteiger charge is 2.12. The Morgan fingerprint density at radius 1 is 0.595 bits per heavy atom. The lowest BCUT2D eigenvalue weighted by Crippen LogP contribution is -2.07. The van der Waals surface area contributed by atoms with Crippen molar-refractivity contribution < 1.29 is 0 Å². The monoisotopic (exact) mass is 495 g/mol. The first-order chi connectivity index (χ1) is 17.9. The summed E-state index contributed by atoms with van der Waals surface area (Å²) in [5.74, 6) is 0. The molecule has 0 N–H and O–H groups in total. The Balaban J connectivity index is 2.07. The number of para-hydroxylation sites is 2. The number of benzene rings is 2. The summed E-state index contributed by atoms with van der Waals surface area (Å²) in [4.78, 5) is 15.4. The van der Waals surface area contributed by atoms with E-state index in [4.69, 9.17) is 15.0 Å². The molecule has 0 aliphatic rings. The second kappa shape index (κ2) is 14.0. The van der Waals surface area contributed by atoms with E-state index in [1.54, 1.807) is 0 Å². The molecule has 3 heteroatoms. The molecule has 196 valence electrons. The molecule has 3 aromatic rings. The zero-order valence-electron chi connectivity index (χ0n) is 24.1. The van der Waals surface area contributed by atoms with E-state index in [1.165, 1.54) is 27.8 Å². The van der Waals surface area contributed by atoms with Crippen molar-refractivity contribution in [2.75, 3.05) is 0 Å². The predicted molar refractivity (Wildman–Crippen MR) is 162 cm³/mol. The van der Waals surface area contributed by atoms with Gasteiger partial charge in [0.05, 0.1) is 34.2 Å². The van der Waals surface area contributed by atoms with Crippen LogP contribution in [0.15, 0.2) is 58.5 Å². The first-order valence-electron chi connectivity index (χ1n) is 14.2. The van der Waals surface area contributed by atoms with Gasteiger partial charge in [-0.05, 0) is 86.4 Å². The fourth-order valence-electron chi connectivity index (χ4n) is 4.95. The van der Waals surface area contributed by atoms with Gasteiger partial charge in [0.2, 0.25) is 0 Å². The average Bonchev–Trinajstić information content (AvgIpc) is 2.87. The predicted octanol–water partition coefficient (Wildman–Crippen LogP) is 9.48. The summed E-state index contributed by atoms with van der Waals surface area (Å²) in [6.45, 7) is 15.2. The van der Waals surface area contributed by atoms with Gasteiger partial charge in [-0.15, -0.1) is 0 Å². The topological polar surface area (TPSA) is 37.6 Å². The van der Waals surface area contributed by atoms with Crippen LogP contribution >= 0.6 is 0 Å². The van der Waals surface area contributed by atoms with Gasteiger partial charge in [-0.25, -0.2) is 4.98 Å². The summed E-state index contributed by atoms with van der Waals surface area (Å²) in [6, 6.07) is 17.5. The molecule has 3 rings (SSSR count). The molecule has 3 nitrogen and oxygen atoms in total. The molecule has 0 fully saturated rings. The molecule has 0 aliphatic carbocycles. The van der Waals surface area contributed by atoms with Crippen LogP contribution in [0.2, 0.25) is 0 Å². The Bertz CT molecular complexity index is 1110. The van der Waals surface area contributed by atoms with Gasteiger partial charge in [0.25, 0.3) is 0 Å². The van der Waals surface area contributed by atoms with Gasteiger partial charge in [-0.3, -0.25) is 9.98 Å². The van der Waals surface area contributed by atoms with Crippen LogP contribution in [-0.2, 0) is 25.7 Å². The van der Waals surface area contributed by atoms with E-state index in [2.05, 4.69) is 97.0 Å². The van der Waals surface area contributed by atoms with E-state index < -0.39 is 0 Å². The molecular formula is C34H45N3. The number of hydrogen-bond donors (Lipinski definition) is 0. The minimum absolute atomic E-state index is 0.925. The van der Waals surface area contributed by atoms with Crippen LogP contribution in [0.5, 0.6) is 0 Å².